The number of hydrogen-bond acceptors (Lipinski definition) is 4. The Kier molecular flexibility index (Phi) is 7.13. The summed E-state index contributed by atoms with van der Waals surface area (Å²) in [5.41, 5.74) is 2.41. The van der Waals surface area contributed by atoms with Crippen LogP contribution in [0.1, 0.15) is 54.4 Å². The Labute approximate surface area is 147 Å². The number of nitrogens with one attached hydrogen (secondary N) is 1. The summed E-state index contributed by atoms with van der Waals surface area (Å²) in [6.07, 6.45) is 7.85. The summed E-state index contributed by atoms with van der Waals surface area (Å²) in [6.45, 7) is 2.53. The van der Waals surface area contributed by atoms with Crippen molar-refractivity contribution < 1.29 is 14.7 Å². The van der Waals surface area contributed by atoms with Crippen molar-refractivity contribution in [2.45, 2.75) is 45.4 Å². The summed E-state index contributed by atoms with van der Waals surface area (Å²) >= 11 is 0. The van der Waals surface area contributed by atoms with Crippen molar-refractivity contribution in [2.24, 2.45) is 0 Å². The average molecular weight is 344 g/mol. The van der Waals surface area contributed by atoms with E-state index < -0.39 is 5.97 Å². The average Bonchev–Trinajstić information content (AvgIpc) is 3.11. The molecule has 134 valence electrons. The van der Waals surface area contributed by atoms with E-state index in [-0.39, 0.29) is 12.3 Å². The van der Waals surface area contributed by atoms with Crippen LogP contribution < -0.4 is 5.32 Å². The number of aromatic nitrogens is 3. The highest BCUT2D eigenvalue weighted by molar-refractivity contribution is 5.95. The van der Waals surface area contributed by atoms with Gasteiger partial charge in [-0.05, 0) is 43.5 Å². The SMILES string of the molecule is Cc1cc(-n2cncn2)ccc1C(=O)NCCCCCCCC(=O)O. The zero-order chi connectivity index (χ0) is 18.1. The Morgan fingerprint density at radius 2 is 1.92 bits per heavy atom. The van der Waals surface area contributed by atoms with E-state index in [1.165, 1.54) is 6.33 Å². The van der Waals surface area contributed by atoms with Gasteiger partial charge in [-0.2, -0.15) is 5.10 Å². The third-order valence-corrected chi connectivity index (χ3v) is 3.99. The monoisotopic (exact) mass is 344 g/mol. The van der Waals surface area contributed by atoms with E-state index in [1.54, 1.807) is 17.1 Å². The second-order valence-corrected chi connectivity index (χ2v) is 6.01. The number of nitrogens with zero attached hydrogens (tertiary/aromatic N) is 3. The van der Waals surface area contributed by atoms with Crippen LogP contribution >= 0.6 is 0 Å². The Hall–Kier alpha value is -2.70. The van der Waals surface area contributed by atoms with Crippen LogP contribution in [0.25, 0.3) is 5.69 Å². The Morgan fingerprint density at radius 1 is 1.16 bits per heavy atom. The minimum absolute atomic E-state index is 0.0754. The first-order chi connectivity index (χ1) is 12.1. The zero-order valence-corrected chi connectivity index (χ0v) is 14.4. The standard InChI is InChI=1S/C18H24N4O3/c1-14-11-15(22-13-19-12-21-22)8-9-16(14)18(25)20-10-6-4-2-3-5-7-17(23)24/h8-9,11-13H,2-7,10H2,1H3,(H,20,25)(H,23,24). The van der Waals surface area contributed by atoms with E-state index in [0.717, 1.165) is 43.4 Å². The molecule has 0 aliphatic carbocycles. The van der Waals surface area contributed by atoms with E-state index >= 15 is 0 Å². The highest BCUT2D eigenvalue weighted by atomic mass is 16.4. The van der Waals surface area contributed by atoms with Gasteiger partial charge in [0.05, 0.1) is 5.69 Å². The van der Waals surface area contributed by atoms with Gasteiger partial charge in [-0.1, -0.05) is 19.3 Å². The molecule has 1 aromatic carbocycles. The lowest BCUT2D eigenvalue weighted by molar-refractivity contribution is -0.137. The summed E-state index contributed by atoms with van der Waals surface area (Å²) in [5.74, 6) is -0.814. The number of rotatable bonds is 10. The fourth-order valence-electron chi connectivity index (χ4n) is 2.62. The number of aryl methyl sites for hydroxylation is 1. The summed E-state index contributed by atoms with van der Waals surface area (Å²) in [7, 11) is 0. The normalized spacial score (nSPS) is 10.6. The quantitative estimate of drug-likeness (QED) is 0.646. The second kappa shape index (κ2) is 9.56. The Morgan fingerprint density at radius 3 is 2.60 bits per heavy atom. The number of unbranched alkanes of at least 4 members (excludes halogenated alkanes) is 4. The molecule has 0 fully saturated rings. The van der Waals surface area contributed by atoms with Crippen molar-refractivity contribution in [1.82, 2.24) is 20.1 Å². The number of carboxylic acid groups (broad SMARTS) is 1. The van der Waals surface area contributed by atoms with E-state index in [0.29, 0.717) is 12.1 Å². The molecule has 0 saturated carbocycles. The van der Waals surface area contributed by atoms with Gasteiger partial charge < -0.3 is 10.4 Å². The molecular formula is C18H24N4O3. The number of carbonyl (C=O) groups excluding carboxylic acids is 1. The molecule has 2 rings (SSSR count). The molecule has 2 N–H and O–H groups in total. The van der Waals surface area contributed by atoms with Gasteiger partial charge in [0, 0.05) is 18.5 Å². The Bertz CT molecular complexity index is 698. The van der Waals surface area contributed by atoms with Crippen LogP contribution in [0, 0.1) is 6.92 Å². The van der Waals surface area contributed by atoms with Crippen molar-refractivity contribution in [3.05, 3.63) is 42.0 Å². The number of carbonyl (C=O) groups is 2. The maximum absolute atomic E-state index is 12.3. The van der Waals surface area contributed by atoms with Gasteiger partial charge in [-0.15, -0.1) is 0 Å². The lowest BCUT2D eigenvalue weighted by Crippen LogP contribution is -2.25. The molecule has 0 spiro atoms. The third kappa shape index (κ3) is 6.02. The van der Waals surface area contributed by atoms with Gasteiger partial charge in [0.2, 0.25) is 0 Å². The molecule has 0 unspecified atom stereocenters. The van der Waals surface area contributed by atoms with Crippen LogP contribution in [0.3, 0.4) is 0 Å². The molecule has 0 aliphatic rings. The van der Waals surface area contributed by atoms with E-state index in [1.807, 2.05) is 19.1 Å². The Balaban J connectivity index is 1.71. The van der Waals surface area contributed by atoms with E-state index in [4.69, 9.17) is 5.11 Å². The second-order valence-electron chi connectivity index (χ2n) is 6.01. The molecule has 25 heavy (non-hydrogen) atoms. The third-order valence-electron chi connectivity index (χ3n) is 3.99. The van der Waals surface area contributed by atoms with Gasteiger partial charge in [-0.25, -0.2) is 9.67 Å². The molecule has 0 radical (unpaired) electrons. The molecule has 0 aliphatic heterocycles. The van der Waals surface area contributed by atoms with Crippen LogP contribution in [-0.2, 0) is 4.79 Å². The van der Waals surface area contributed by atoms with Crippen molar-refractivity contribution >= 4 is 11.9 Å². The fourth-order valence-corrected chi connectivity index (χ4v) is 2.62. The minimum atomic E-state index is -0.738. The van der Waals surface area contributed by atoms with Gasteiger partial charge in [0.1, 0.15) is 12.7 Å². The molecule has 1 heterocycles. The minimum Gasteiger partial charge on any atom is -0.481 e. The lowest BCUT2D eigenvalue weighted by atomic mass is 10.1. The lowest BCUT2D eigenvalue weighted by Gasteiger charge is -2.09. The van der Waals surface area contributed by atoms with Crippen LogP contribution in [0.15, 0.2) is 30.9 Å². The molecule has 2 aromatic rings. The molecule has 7 heteroatoms. The first kappa shape index (κ1) is 18.6. The molecule has 0 saturated heterocycles. The smallest absolute Gasteiger partial charge is 0.303 e. The van der Waals surface area contributed by atoms with E-state index in [9.17, 15) is 9.59 Å². The zero-order valence-electron chi connectivity index (χ0n) is 14.4. The van der Waals surface area contributed by atoms with Gasteiger partial charge >= 0.3 is 5.97 Å². The maximum Gasteiger partial charge on any atom is 0.303 e. The number of hydrogen-bond donors (Lipinski definition) is 2. The van der Waals surface area contributed by atoms with Crippen LogP contribution in [-0.4, -0.2) is 38.3 Å². The predicted octanol–water partition coefficient (Wildman–Crippen LogP) is 2.73. The van der Waals surface area contributed by atoms with Crippen LogP contribution in [0.2, 0.25) is 0 Å². The van der Waals surface area contributed by atoms with Crippen LogP contribution in [0.5, 0.6) is 0 Å². The molecule has 0 bridgehead atoms. The fraction of sp³-hybridized carbons (Fsp3) is 0.444. The molecule has 7 nitrogen and oxygen atoms in total. The van der Waals surface area contributed by atoms with Crippen molar-refractivity contribution in [1.29, 1.82) is 0 Å². The van der Waals surface area contributed by atoms with Crippen molar-refractivity contribution in [2.75, 3.05) is 6.54 Å². The first-order valence-corrected chi connectivity index (χ1v) is 8.53. The van der Waals surface area contributed by atoms with Crippen molar-refractivity contribution in [3.63, 3.8) is 0 Å². The van der Waals surface area contributed by atoms with E-state index in [2.05, 4.69) is 15.4 Å². The summed E-state index contributed by atoms with van der Waals surface area (Å²) in [5, 5.41) is 15.6. The van der Waals surface area contributed by atoms with Gasteiger partial charge in [0.15, 0.2) is 0 Å². The van der Waals surface area contributed by atoms with Crippen LogP contribution in [0.4, 0.5) is 0 Å². The molecular weight excluding hydrogens is 320 g/mol. The molecule has 0 atom stereocenters. The highest BCUT2D eigenvalue weighted by Gasteiger charge is 2.09. The maximum atomic E-state index is 12.3. The predicted molar refractivity (Wildman–Crippen MR) is 93.8 cm³/mol. The summed E-state index contributed by atoms with van der Waals surface area (Å²) < 4.78 is 1.65. The molecule has 1 amide bonds. The van der Waals surface area contributed by atoms with Gasteiger partial charge in [0.25, 0.3) is 5.91 Å². The first-order valence-electron chi connectivity index (χ1n) is 8.53. The summed E-state index contributed by atoms with van der Waals surface area (Å²) in [6, 6.07) is 5.55. The summed E-state index contributed by atoms with van der Waals surface area (Å²) in [4.78, 5) is 26.6. The number of benzene rings is 1. The topological polar surface area (TPSA) is 97.1 Å². The van der Waals surface area contributed by atoms with Crippen molar-refractivity contribution in [3.8, 4) is 5.69 Å². The number of amides is 1. The molecule has 1 aromatic heterocycles. The highest BCUT2D eigenvalue weighted by Crippen LogP contribution is 2.14. The van der Waals surface area contributed by atoms with Gasteiger partial charge in [-0.3, -0.25) is 9.59 Å². The largest absolute Gasteiger partial charge is 0.481 e. The number of carboxylic acids is 1. The number of aliphatic carboxylic acids is 1.